The summed E-state index contributed by atoms with van der Waals surface area (Å²) < 4.78 is 4.98. The van der Waals surface area contributed by atoms with E-state index in [0.717, 1.165) is 0 Å². The van der Waals surface area contributed by atoms with Gasteiger partial charge in [0, 0.05) is 5.69 Å². The number of carbonyl (C=O) groups excluding carboxylic acids is 1. The minimum atomic E-state index is -0.976. The molecule has 0 radical (unpaired) electrons. The first kappa shape index (κ1) is 10.5. The van der Waals surface area contributed by atoms with Crippen molar-refractivity contribution in [3.8, 4) is 5.75 Å². The summed E-state index contributed by atoms with van der Waals surface area (Å²) in [4.78, 5) is 23.4. The lowest BCUT2D eigenvalue weighted by Crippen LogP contribution is -2.57. The van der Waals surface area contributed by atoms with E-state index in [9.17, 15) is 9.59 Å². The Balaban J connectivity index is 2.22. The van der Waals surface area contributed by atoms with Crippen LogP contribution in [0.3, 0.4) is 0 Å². The Morgan fingerprint density at radius 3 is 2.50 bits per heavy atom. The zero-order valence-corrected chi connectivity index (χ0v) is 8.71. The van der Waals surface area contributed by atoms with Crippen molar-refractivity contribution in [2.45, 2.75) is 12.5 Å². The van der Waals surface area contributed by atoms with Crippen molar-refractivity contribution in [3.63, 3.8) is 0 Å². The van der Waals surface area contributed by atoms with Crippen molar-refractivity contribution in [3.05, 3.63) is 24.3 Å². The molecule has 16 heavy (non-hydrogen) atoms. The third-order valence-electron chi connectivity index (χ3n) is 2.58. The predicted octanol–water partition coefficient (Wildman–Crippen LogP) is 0.885. The van der Waals surface area contributed by atoms with Gasteiger partial charge in [0.25, 0.3) is 0 Å². The van der Waals surface area contributed by atoms with E-state index in [4.69, 9.17) is 9.84 Å². The number of rotatable bonds is 3. The molecule has 0 saturated carbocycles. The molecule has 1 amide bonds. The summed E-state index contributed by atoms with van der Waals surface area (Å²) in [6.07, 6.45) is 0.0708. The van der Waals surface area contributed by atoms with Gasteiger partial charge in [0.15, 0.2) is 0 Å². The average molecular weight is 221 g/mol. The van der Waals surface area contributed by atoms with E-state index in [2.05, 4.69) is 0 Å². The minimum absolute atomic E-state index is 0.0708. The molecule has 5 nitrogen and oxygen atoms in total. The number of amides is 1. The first-order valence-corrected chi connectivity index (χ1v) is 4.82. The van der Waals surface area contributed by atoms with Crippen molar-refractivity contribution in [2.24, 2.45) is 0 Å². The van der Waals surface area contributed by atoms with E-state index >= 15 is 0 Å². The highest BCUT2D eigenvalue weighted by molar-refractivity contribution is 6.08. The van der Waals surface area contributed by atoms with Crippen LogP contribution < -0.4 is 9.64 Å². The molecule has 1 aliphatic heterocycles. The van der Waals surface area contributed by atoms with Gasteiger partial charge in [-0.15, -0.1) is 0 Å². The highest BCUT2D eigenvalue weighted by Crippen LogP contribution is 2.29. The van der Waals surface area contributed by atoms with E-state index in [1.165, 1.54) is 4.90 Å². The molecule has 1 unspecified atom stereocenters. The summed E-state index contributed by atoms with van der Waals surface area (Å²) in [6, 6.07) is 6.00. The number of anilines is 1. The highest BCUT2D eigenvalue weighted by atomic mass is 16.5. The van der Waals surface area contributed by atoms with Crippen LogP contribution in [-0.2, 0) is 9.59 Å². The van der Waals surface area contributed by atoms with Gasteiger partial charge in [-0.1, -0.05) is 0 Å². The summed E-state index contributed by atoms with van der Waals surface area (Å²) in [7, 11) is 1.55. The molecular formula is C11H11NO4. The van der Waals surface area contributed by atoms with Crippen LogP contribution in [0.1, 0.15) is 6.42 Å². The molecule has 1 fully saturated rings. The van der Waals surface area contributed by atoms with Gasteiger partial charge in [-0.25, -0.2) is 4.79 Å². The third-order valence-corrected chi connectivity index (χ3v) is 2.58. The molecule has 1 atom stereocenters. The number of nitrogens with zero attached hydrogens (tertiary/aromatic N) is 1. The Morgan fingerprint density at radius 1 is 1.44 bits per heavy atom. The molecule has 0 spiro atoms. The van der Waals surface area contributed by atoms with Gasteiger partial charge in [0.1, 0.15) is 11.8 Å². The minimum Gasteiger partial charge on any atom is -0.497 e. The van der Waals surface area contributed by atoms with Crippen LogP contribution in [0.2, 0.25) is 0 Å². The Labute approximate surface area is 92.2 Å². The lowest BCUT2D eigenvalue weighted by atomic mass is 10.0. The summed E-state index contributed by atoms with van der Waals surface area (Å²) in [5, 5.41) is 8.86. The van der Waals surface area contributed by atoms with E-state index < -0.39 is 12.0 Å². The maximum atomic E-state index is 11.3. The quantitative estimate of drug-likeness (QED) is 0.769. The first-order chi connectivity index (χ1) is 7.63. The predicted molar refractivity (Wildman–Crippen MR) is 56.5 cm³/mol. The van der Waals surface area contributed by atoms with Crippen LogP contribution in [0.25, 0.3) is 0 Å². The standard InChI is InChI=1S/C11H11NO4/c1-16-8-4-2-7(3-5-8)12-9(11(14)15)6-10(12)13/h2-5,9H,6H2,1H3,(H,14,15). The molecule has 0 aromatic heterocycles. The Morgan fingerprint density at radius 2 is 2.06 bits per heavy atom. The largest absolute Gasteiger partial charge is 0.497 e. The molecule has 1 aromatic rings. The number of aliphatic carboxylic acids is 1. The van der Waals surface area contributed by atoms with Crippen LogP contribution in [-0.4, -0.2) is 30.1 Å². The number of carboxylic acids is 1. The van der Waals surface area contributed by atoms with Crippen molar-refractivity contribution >= 4 is 17.6 Å². The van der Waals surface area contributed by atoms with Crippen molar-refractivity contribution in [1.82, 2.24) is 0 Å². The maximum Gasteiger partial charge on any atom is 0.327 e. The number of benzene rings is 1. The van der Waals surface area contributed by atoms with Crippen LogP contribution >= 0.6 is 0 Å². The monoisotopic (exact) mass is 221 g/mol. The second-order valence-electron chi connectivity index (χ2n) is 3.52. The Hall–Kier alpha value is -2.04. The highest BCUT2D eigenvalue weighted by Gasteiger charge is 2.42. The second kappa shape index (κ2) is 3.84. The van der Waals surface area contributed by atoms with Crippen LogP contribution in [0.15, 0.2) is 24.3 Å². The Kier molecular flexibility index (Phi) is 2.52. The van der Waals surface area contributed by atoms with Gasteiger partial charge < -0.3 is 9.84 Å². The van der Waals surface area contributed by atoms with E-state index in [-0.39, 0.29) is 12.3 Å². The lowest BCUT2D eigenvalue weighted by Gasteiger charge is -2.37. The first-order valence-electron chi connectivity index (χ1n) is 4.82. The molecule has 5 heteroatoms. The maximum absolute atomic E-state index is 11.3. The van der Waals surface area contributed by atoms with Crippen molar-refractivity contribution in [2.75, 3.05) is 12.0 Å². The van der Waals surface area contributed by atoms with E-state index in [1.54, 1.807) is 31.4 Å². The number of methoxy groups -OCH3 is 1. The topological polar surface area (TPSA) is 66.8 Å². The Bertz CT molecular complexity index is 426. The van der Waals surface area contributed by atoms with Crippen molar-refractivity contribution in [1.29, 1.82) is 0 Å². The van der Waals surface area contributed by atoms with Gasteiger partial charge in [-0.2, -0.15) is 0 Å². The van der Waals surface area contributed by atoms with Gasteiger partial charge in [-0.3, -0.25) is 9.69 Å². The summed E-state index contributed by atoms with van der Waals surface area (Å²) in [5.74, 6) is -0.475. The molecule has 2 rings (SSSR count). The van der Waals surface area contributed by atoms with E-state index in [1.807, 2.05) is 0 Å². The SMILES string of the molecule is COc1ccc(N2C(=O)CC2C(=O)O)cc1. The van der Waals surface area contributed by atoms with Gasteiger partial charge in [0.2, 0.25) is 5.91 Å². The number of ether oxygens (including phenoxy) is 1. The van der Waals surface area contributed by atoms with Crippen LogP contribution in [0, 0.1) is 0 Å². The lowest BCUT2D eigenvalue weighted by molar-refractivity contribution is -0.145. The molecule has 0 aliphatic carbocycles. The number of carboxylic acid groups (broad SMARTS) is 1. The average Bonchev–Trinajstić information content (AvgIpc) is 2.26. The number of hydrogen-bond acceptors (Lipinski definition) is 3. The second-order valence-corrected chi connectivity index (χ2v) is 3.52. The zero-order chi connectivity index (χ0) is 11.7. The third kappa shape index (κ3) is 1.60. The molecule has 1 aliphatic rings. The smallest absolute Gasteiger partial charge is 0.327 e. The fourth-order valence-electron chi connectivity index (χ4n) is 1.68. The fourth-order valence-corrected chi connectivity index (χ4v) is 1.68. The van der Waals surface area contributed by atoms with Crippen molar-refractivity contribution < 1.29 is 19.4 Å². The molecular weight excluding hydrogens is 210 g/mol. The summed E-state index contributed by atoms with van der Waals surface area (Å²) in [6.45, 7) is 0. The molecule has 0 bridgehead atoms. The van der Waals surface area contributed by atoms with Gasteiger partial charge in [-0.05, 0) is 24.3 Å². The van der Waals surface area contributed by atoms with Crippen LogP contribution in [0.4, 0.5) is 5.69 Å². The summed E-state index contributed by atoms with van der Waals surface area (Å²) >= 11 is 0. The van der Waals surface area contributed by atoms with Gasteiger partial charge in [0.05, 0.1) is 13.5 Å². The number of hydrogen-bond donors (Lipinski definition) is 1. The number of β-lactam (4-membered cyclic amide) rings is 1. The molecule has 1 aromatic carbocycles. The molecule has 1 N–H and O–H groups in total. The fraction of sp³-hybridized carbons (Fsp3) is 0.273. The summed E-state index contributed by atoms with van der Waals surface area (Å²) in [5.41, 5.74) is 0.587. The number of carbonyl (C=O) groups is 2. The molecule has 1 saturated heterocycles. The van der Waals surface area contributed by atoms with Gasteiger partial charge >= 0.3 is 5.97 Å². The normalized spacial score (nSPS) is 19.2. The molecule has 1 heterocycles. The molecule has 84 valence electrons. The van der Waals surface area contributed by atoms with E-state index in [0.29, 0.717) is 11.4 Å². The zero-order valence-electron chi connectivity index (χ0n) is 8.71. The van der Waals surface area contributed by atoms with Crippen LogP contribution in [0.5, 0.6) is 5.75 Å².